The number of aromatic nitrogens is 1. The molecule has 2 aromatic rings. The Labute approximate surface area is 134 Å². The average Bonchev–Trinajstić information content (AvgIpc) is 2.89. The summed E-state index contributed by atoms with van der Waals surface area (Å²) in [6.07, 6.45) is 1.62. The summed E-state index contributed by atoms with van der Waals surface area (Å²) in [4.78, 5) is 23.6. The largest absolute Gasteiger partial charge is 0.491 e. The van der Waals surface area contributed by atoms with Gasteiger partial charge in [0.15, 0.2) is 5.78 Å². The number of aryl methyl sites for hydroxylation is 1. The Morgan fingerprint density at radius 2 is 1.96 bits per heavy atom. The number of amides is 1. The molecule has 0 aliphatic rings. The van der Waals surface area contributed by atoms with Crippen molar-refractivity contribution in [1.29, 1.82) is 0 Å². The molecule has 0 fully saturated rings. The fourth-order valence-corrected chi connectivity index (χ4v) is 2.07. The molecule has 1 atom stereocenters. The molecule has 0 radical (unpaired) electrons. The molecule has 0 aliphatic heterocycles. The second-order valence-electron chi connectivity index (χ2n) is 5.42. The number of hydrogen-bond acceptors (Lipinski definition) is 3. The summed E-state index contributed by atoms with van der Waals surface area (Å²) in [5, 5.41) is 2.80. The Morgan fingerprint density at radius 1 is 1.30 bits per heavy atom. The van der Waals surface area contributed by atoms with E-state index in [4.69, 9.17) is 4.74 Å². The van der Waals surface area contributed by atoms with Gasteiger partial charge >= 0.3 is 0 Å². The van der Waals surface area contributed by atoms with E-state index in [9.17, 15) is 14.0 Å². The van der Waals surface area contributed by atoms with Gasteiger partial charge in [0.25, 0.3) is 5.91 Å². The van der Waals surface area contributed by atoms with Crippen LogP contribution >= 0.6 is 0 Å². The molecule has 1 N–H and O–H groups in total. The second kappa shape index (κ2) is 7.09. The molecule has 0 saturated heterocycles. The summed E-state index contributed by atoms with van der Waals surface area (Å²) in [7, 11) is 1.71. The van der Waals surface area contributed by atoms with Crippen molar-refractivity contribution >= 4 is 11.7 Å². The molecule has 1 amide bonds. The molecule has 0 bridgehead atoms. The molecular formula is C17H19FN2O3. The van der Waals surface area contributed by atoms with E-state index < -0.39 is 0 Å². The van der Waals surface area contributed by atoms with Crippen LogP contribution in [0.1, 0.15) is 34.7 Å². The molecule has 1 heterocycles. The lowest BCUT2D eigenvalue weighted by molar-refractivity contribution is 0.0918. The normalized spacial score (nSPS) is 11.8. The van der Waals surface area contributed by atoms with E-state index in [2.05, 4.69) is 5.32 Å². The Morgan fingerprint density at radius 3 is 2.52 bits per heavy atom. The van der Waals surface area contributed by atoms with Gasteiger partial charge in [-0.25, -0.2) is 4.39 Å². The lowest BCUT2D eigenvalue weighted by atomic mass is 10.2. The molecule has 2 rings (SSSR count). The third kappa shape index (κ3) is 4.42. The summed E-state index contributed by atoms with van der Waals surface area (Å²) in [5.74, 6) is -0.170. The van der Waals surface area contributed by atoms with E-state index in [1.54, 1.807) is 30.8 Å². The van der Waals surface area contributed by atoms with Crippen molar-refractivity contribution in [2.75, 3.05) is 6.61 Å². The van der Waals surface area contributed by atoms with Crippen molar-refractivity contribution in [1.82, 2.24) is 9.88 Å². The summed E-state index contributed by atoms with van der Waals surface area (Å²) in [5.41, 5.74) is 0.900. The molecule has 0 saturated carbocycles. The van der Waals surface area contributed by atoms with Gasteiger partial charge in [-0.15, -0.1) is 0 Å². The van der Waals surface area contributed by atoms with Crippen molar-refractivity contribution in [2.45, 2.75) is 19.9 Å². The van der Waals surface area contributed by atoms with E-state index in [-0.39, 0.29) is 30.2 Å². The minimum absolute atomic E-state index is 0.0904. The van der Waals surface area contributed by atoms with Gasteiger partial charge in [0.1, 0.15) is 23.9 Å². The van der Waals surface area contributed by atoms with Crippen LogP contribution in [0, 0.1) is 5.82 Å². The number of Topliss-reactive ketones (excluding diaryl/α,β-unsaturated/α-hetero) is 1. The first kappa shape index (κ1) is 16.7. The Bertz CT molecular complexity index is 707. The summed E-state index contributed by atoms with van der Waals surface area (Å²) in [6.45, 7) is 3.51. The van der Waals surface area contributed by atoms with Gasteiger partial charge in [-0.3, -0.25) is 9.59 Å². The number of benzene rings is 1. The van der Waals surface area contributed by atoms with Crippen LogP contribution in [0.15, 0.2) is 36.5 Å². The number of hydrogen-bond donors (Lipinski definition) is 1. The number of carbonyl (C=O) groups is 2. The molecule has 0 unspecified atom stereocenters. The van der Waals surface area contributed by atoms with Crippen LogP contribution in [-0.4, -0.2) is 28.9 Å². The zero-order valence-electron chi connectivity index (χ0n) is 13.3. The standard InChI is InChI=1S/C17H19FN2O3/c1-11(10-23-15-6-4-14(18)5-7-15)19-17(22)16-8-13(12(2)21)9-20(16)3/h4-9,11H,10H2,1-3H3,(H,19,22)/t11-/m1/s1. The highest BCUT2D eigenvalue weighted by Gasteiger charge is 2.16. The predicted molar refractivity (Wildman–Crippen MR) is 84.2 cm³/mol. The minimum atomic E-state index is -0.330. The number of nitrogens with zero attached hydrogens (tertiary/aromatic N) is 1. The third-order valence-electron chi connectivity index (χ3n) is 3.34. The molecule has 23 heavy (non-hydrogen) atoms. The van der Waals surface area contributed by atoms with Crippen molar-refractivity contribution in [2.24, 2.45) is 7.05 Å². The first-order valence-electron chi connectivity index (χ1n) is 7.23. The number of ketones is 1. The number of rotatable bonds is 6. The van der Waals surface area contributed by atoms with Crippen LogP contribution in [0.2, 0.25) is 0 Å². The average molecular weight is 318 g/mol. The molecule has 122 valence electrons. The summed E-state index contributed by atoms with van der Waals surface area (Å²) >= 11 is 0. The first-order valence-corrected chi connectivity index (χ1v) is 7.23. The molecular weight excluding hydrogens is 299 g/mol. The Kier molecular flexibility index (Phi) is 5.16. The molecule has 1 aromatic carbocycles. The van der Waals surface area contributed by atoms with E-state index in [1.165, 1.54) is 31.2 Å². The van der Waals surface area contributed by atoms with Gasteiger partial charge in [0.2, 0.25) is 0 Å². The van der Waals surface area contributed by atoms with Crippen molar-refractivity contribution in [3.8, 4) is 5.75 Å². The maximum atomic E-state index is 12.8. The van der Waals surface area contributed by atoms with Gasteiger partial charge in [0, 0.05) is 18.8 Å². The van der Waals surface area contributed by atoms with Crippen LogP contribution in [-0.2, 0) is 7.05 Å². The van der Waals surface area contributed by atoms with Gasteiger partial charge in [-0.05, 0) is 44.2 Å². The molecule has 0 aliphatic carbocycles. The fraction of sp³-hybridized carbons (Fsp3) is 0.294. The van der Waals surface area contributed by atoms with E-state index in [1.807, 2.05) is 0 Å². The van der Waals surface area contributed by atoms with Crippen molar-refractivity contribution in [3.05, 3.63) is 53.6 Å². The zero-order valence-corrected chi connectivity index (χ0v) is 13.3. The van der Waals surface area contributed by atoms with Crippen LogP contribution in [0.25, 0.3) is 0 Å². The van der Waals surface area contributed by atoms with Crippen LogP contribution in [0.5, 0.6) is 5.75 Å². The van der Waals surface area contributed by atoms with E-state index >= 15 is 0 Å². The summed E-state index contributed by atoms with van der Waals surface area (Å²) < 4.78 is 19.9. The molecule has 5 nitrogen and oxygen atoms in total. The smallest absolute Gasteiger partial charge is 0.268 e. The fourth-order valence-electron chi connectivity index (χ4n) is 2.07. The van der Waals surface area contributed by atoms with Crippen LogP contribution in [0.3, 0.4) is 0 Å². The number of carbonyl (C=O) groups excluding carboxylic acids is 2. The second-order valence-corrected chi connectivity index (χ2v) is 5.42. The van der Waals surface area contributed by atoms with E-state index in [0.717, 1.165) is 0 Å². The zero-order chi connectivity index (χ0) is 17.0. The maximum Gasteiger partial charge on any atom is 0.268 e. The summed E-state index contributed by atoms with van der Waals surface area (Å²) in [6, 6.07) is 6.99. The maximum absolute atomic E-state index is 12.8. The van der Waals surface area contributed by atoms with Gasteiger partial charge in [-0.1, -0.05) is 0 Å². The van der Waals surface area contributed by atoms with Crippen LogP contribution in [0.4, 0.5) is 4.39 Å². The monoisotopic (exact) mass is 318 g/mol. The topological polar surface area (TPSA) is 60.3 Å². The van der Waals surface area contributed by atoms with E-state index in [0.29, 0.717) is 17.0 Å². The first-order chi connectivity index (χ1) is 10.9. The van der Waals surface area contributed by atoms with Crippen LogP contribution < -0.4 is 10.1 Å². The lowest BCUT2D eigenvalue weighted by Crippen LogP contribution is -2.37. The number of halogens is 1. The minimum Gasteiger partial charge on any atom is -0.491 e. The molecule has 6 heteroatoms. The highest BCUT2D eigenvalue weighted by atomic mass is 19.1. The van der Waals surface area contributed by atoms with Crippen molar-refractivity contribution in [3.63, 3.8) is 0 Å². The molecule has 1 aromatic heterocycles. The number of nitrogens with one attached hydrogen (secondary N) is 1. The molecule has 0 spiro atoms. The Hall–Kier alpha value is -2.63. The van der Waals surface area contributed by atoms with Gasteiger partial charge < -0.3 is 14.6 Å². The highest BCUT2D eigenvalue weighted by Crippen LogP contribution is 2.12. The number of ether oxygens (including phenoxy) is 1. The van der Waals surface area contributed by atoms with Gasteiger partial charge in [-0.2, -0.15) is 0 Å². The quantitative estimate of drug-likeness (QED) is 0.833. The highest BCUT2D eigenvalue weighted by molar-refractivity contribution is 5.99. The lowest BCUT2D eigenvalue weighted by Gasteiger charge is -2.15. The Balaban J connectivity index is 1.91. The third-order valence-corrected chi connectivity index (χ3v) is 3.34. The van der Waals surface area contributed by atoms with Gasteiger partial charge in [0.05, 0.1) is 6.04 Å². The van der Waals surface area contributed by atoms with Crippen molar-refractivity contribution < 1.29 is 18.7 Å². The predicted octanol–water partition coefficient (Wildman–Crippen LogP) is 2.56. The SMILES string of the molecule is CC(=O)c1cc(C(=O)N[C@H](C)COc2ccc(F)cc2)n(C)c1.